The molecule has 23 heavy (non-hydrogen) atoms. The van der Waals surface area contributed by atoms with Gasteiger partial charge in [0.25, 0.3) is 0 Å². The molecule has 0 saturated heterocycles. The number of methoxy groups -OCH3 is 2. The highest BCUT2D eigenvalue weighted by molar-refractivity contribution is 5.38. The molecule has 0 aliphatic heterocycles. The first kappa shape index (κ1) is 19.5. The third-order valence-corrected chi connectivity index (χ3v) is 3.82. The Balaban J connectivity index is 2.92. The van der Waals surface area contributed by atoms with Gasteiger partial charge in [-0.05, 0) is 43.5 Å². The van der Waals surface area contributed by atoms with E-state index in [-0.39, 0.29) is 0 Å². The van der Waals surface area contributed by atoms with Crippen molar-refractivity contribution in [2.24, 2.45) is 5.92 Å². The second-order valence-corrected chi connectivity index (χ2v) is 6.68. The van der Waals surface area contributed by atoms with Gasteiger partial charge in [0, 0.05) is 19.2 Å². The lowest BCUT2D eigenvalue weighted by atomic mass is 10.0. The first-order valence-electron chi connectivity index (χ1n) is 8.10. The van der Waals surface area contributed by atoms with Crippen LogP contribution in [-0.4, -0.2) is 42.9 Å². The summed E-state index contributed by atoms with van der Waals surface area (Å²) in [5.41, 5.74) is 0.199. The van der Waals surface area contributed by atoms with Gasteiger partial charge in [-0.3, -0.25) is 4.90 Å². The highest BCUT2D eigenvalue weighted by atomic mass is 16.5. The minimum atomic E-state index is -0.903. The van der Waals surface area contributed by atoms with Crippen molar-refractivity contribution < 1.29 is 14.6 Å². The molecule has 0 aliphatic rings. The monoisotopic (exact) mass is 321 g/mol. The van der Waals surface area contributed by atoms with Crippen molar-refractivity contribution in [2.75, 3.05) is 27.3 Å². The Morgan fingerprint density at radius 1 is 1.22 bits per heavy atom. The average molecular weight is 321 g/mol. The molecular weight excluding hydrogens is 290 g/mol. The molecule has 0 radical (unpaired) electrons. The Hall–Kier alpha value is -1.52. The van der Waals surface area contributed by atoms with Crippen LogP contribution in [0.3, 0.4) is 0 Å². The zero-order chi connectivity index (χ0) is 17.5. The van der Waals surface area contributed by atoms with Crippen LogP contribution in [0.4, 0.5) is 0 Å². The van der Waals surface area contributed by atoms with Gasteiger partial charge in [0.15, 0.2) is 0 Å². The van der Waals surface area contributed by atoms with Gasteiger partial charge in [0.2, 0.25) is 0 Å². The summed E-state index contributed by atoms with van der Waals surface area (Å²) in [6.45, 7) is 12.1. The van der Waals surface area contributed by atoms with Crippen LogP contribution in [0.25, 0.3) is 0 Å². The lowest BCUT2D eigenvalue weighted by Crippen LogP contribution is -2.39. The van der Waals surface area contributed by atoms with Crippen molar-refractivity contribution in [3.05, 3.63) is 36.4 Å². The van der Waals surface area contributed by atoms with Crippen molar-refractivity contribution in [2.45, 2.75) is 39.3 Å². The Kier molecular flexibility index (Phi) is 7.59. The van der Waals surface area contributed by atoms with Crippen LogP contribution < -0.4 is 9.47 Å². The minimum absolute atomic E-state index is 0.544. The Labute approximate surface area is 140 Å². The number of hydrogen-bond acceptors (Lipinski definition) is 4. The molecule has 0 fully saturated rings. The summed E-state index contributed by atoms with van der Waals surface area (Å²) < 4.78 is 10.7. The summed E-state index contributed by atoms with van der Waals surface area (Å²) >= 11 is 0. The first-order valence-corrected chi connectivity index (χ1v) is 8.10. The lowest BCUT2D eigenvalue weighted by molar-refractivity contribution is 0.0568. The highest BCUT2D eigenvalue weighted by Gasteiger charge is 2.21. The molecule has 1 aromatic rings. The van der Waals surface area contributed by atoms with Gasteiger partial charge in [-0.1, -0.05) is 19.9 Å². The molecular formula is C19H31NO3. The molecule has 1 atom stereocenters. The fourth-order valence-corrected chi connectivity index (χ4v) is 2.39. The van der Waals surface area contributed by atoms with Gasteiger partial charge in [-0.25, -0.2) is 0 Å². The van der Waals surface area contributed by atoms with Crippen molar-refractivity contribution >= 4 is 0 Å². The summed E-state index contributed by atoms with van der Waals surface area (Å²) in [4.78, 5) is 2.25. The second-order valence-electron chi connectivity index (χ2n) is 6.68. The molecule has 0 spiro atoms. The van der Waals surface area contributed by atoms with Gasteiger partial charge in [-0.15, -0.1) is 6.58 Å². The first-order chi connectivity index (χ1) is 10.8. The maximum absolute atomic E-state index is 10.3. The van der Waals surface area contributed by atoms with E-state index >= 15 is 0 Å². The zero-order valence-corrected chi connectivity index (χ0v) is 15.1. The minimum Gasteiger partial charge on any atom is -0.497 e. The van der Waals surface area contributed by atoms with Gasteiger partial charge in [-0.2, -0.15) is 0 Å². The molecule has 0 bridgehead atoms. The number of nitrogens with zero attached hydrogens (tertiary/aromatic N) is 1. The molecule has 0 aliphatic carbocycles. The largest absolute Gasteiger partial charge is 0.497 e. The smallest absolute Gasteiger partial charge is 0.122 e. The van der Waals surface area contributed by atoms with E-state index in [1.54, 1.807) is 27.2 Å². The van der Waals surface area contributed by atoms with E-state index in [9.17, 15) is 5.11 Å². The Bertz CT molecular complexity index is 475. The summed E-state index contributed by atoms with van der Waals surface area (Å²) in [6.07, 6.45) is 2.68. The van der Waals surface area contributed by atoms with Crippen molar-refractivity contribution in [3.63, 3.8) is 0 Å². The van der Waals surface area contributed by atoms with Gasteiger partial charge >= 0.3 is 0 Å². The SMILES string of the molecule is C=CC(C)(O)CN(CCC(C)C)Cc1cc(OC)cc(OC)c1. The molecule has 130 valence electrons. The van der Waals surface area contributed by atoms with Crippen LogP contribution in [0.1, 0.15) is 32.8 Å². The normalized spacial score (nSPS) is 13.9. The quantitative estimate of drug-likeness (QED) is 0.670. The van der Waals surface area contributed by atoms with Crippen molar-refractivity contribution in [1.29, 1.82) is 0 Å². The van der Waals surface area contributed by atoms with E-state index < -0.39 is 5.60 Å². The number of rotatable bonds is 10. The van der Waals surface area contributed by atoms with Crippen molar-refractivity contribution in [3.8, 4) is 11.5 Å². The number of benzene rings is 1. The van der Waals surface area contributed by atoms with Gasteiger partial charge in [0.05, 0.1) is 19.8 Å². The maximum atomic E-state index is 10.3. The molecule has 0 amide bonds. The van der Waals surface area contributed by atoms with E-state index in [0.29, 0.717) is 12.5 Å². The summed E-state index contributed by atoms with van der Waals surface area (Å²) in [6, 6.07) is 5.88. The van der Waals surface area contributed by atoms with Crippen LogP contribution in [0.5, 0.6) is 11.5 Å². The molecule has 1 aromatic carbocycles. The fourth-order valence-electron chi connectivity index (χ4n) is 2.39. The predicted molar refractivity (Wildman–Crippen MR) is 95.1 cm³/mol. The average Bonchev–Trinajstić information content (AvgIpc) is 2.51. The van der Waals surface area contributed by atoms with E-state index in [0.717, 1.165) is 36.6 Å². The van der Waals surface area contributed by atoms with Crippen LogP contribution in [0.15, 0.2) is 30.9 Å². The van der Waals surface area contributed by atoms with E-state index in [1.165, 1.54) is 0 Å². The predicted octanol–water partition coefficient (Wildman–Crippen LogP) is 3.49. The maximum Gasteiger partial charge on any atom is 0.122 e. The van der Waals surface area contributed by atoms with Gasteiger partial charge in [0.1, 0.15) is 11.5 Å². The van der Waals surface area contributed by atoms with Crippen LogP contribution in [0.2, 0.25) is 0 Å². The lowest BCUT2D eigenvalue weighted by Gasteiger charge is -2.30. The number of hydrogen-bond donors (Lipinski definition) is 1. The molecule has 0 heterocycles. The Morgan fingerprint density at radius 3 is 2.22 bits per heavy atom. The molecule has 4 nitrogen and oxygen atoms in total. The van der Waals surface area contributed by atoms with E-state index in [1.807, 2.05) is 18.2 Å². The molecule has 1 rings (SSSR count). The van der Waals surface area contributed by atoms with E-state index in [4.69, 9.17) is 9.47 Å². The highest BCUT2D eigenvalue weighted by Crippen LogP contribution is 2.24. The molecule has 0 saturated carbocycles. The van der Waals surface area contributed by atoms with Crippen LogP contribution in [-0.2, 0) is 6.54 Å². The third kappa shape index (κ3) is 7.06. The van der Waals surface area contributed by atoms with Crippen LogP contribution >= 0.6 is 0 Å². The summed E-state index contributed by atoms with van der Waals surface area (Å²) in [5, 5.41) is 10.3. The van der Waals surface area contributed by atoms with Crippen molar-refractivity contribution in [1.82, 2.24) is 4.90 Å². The van der Waals surface area contributed by atoms with Gasteiger partial charge < -0.3 is 14.6 Å². The Morgan fingerprint density at radius 2 is 1.78 bits per heavy atom. The molecule has 0 aromatic heterocycles. The van der Waals surface area contributed by atoms with Crippen LogP contribution in [0, 0.1) is 5.92 Å². The fraction of sp³-hybridized carbons (Fsp3) is 0.579. The zero-order valence-electron chi connectivity index (χ0n) is 15.1. The molecule has 1 unspecified atom stereocenters. The van der Waals surface area contributed by atoms with E-state index in [2.05, 4.69) is 25.3 Å². The number of aliphatic hydroxyl groups is 1. The second kappa shape index (κ2) is 8.94. The topological polar surface area (TPSA) is 41.9 Å². The molecule has 1 N–H and O–H groups in total. The number of ether oxygens (including phenoxy) is 2. The third-order valence-electron chi connectivity index (χ3n) is 3.82. The summed E-state index contributed by atoms with van der Waals surface area (Å²) in [5.74, 6) is 2.17. The molecule has 4 heteroatoms. The standard InChI is InChI=1S/C19H31NO3/c1-7-19(4,21)14-20(9-8-15(2)3)13-16-10-17(22-5)12-18(11-16)23-6/h7,10-12,15,21H,1,8-9,13-14H2,2-6H3. The summed E-state index contributed by atoms with van der Waals surface area (Å²) in [7, 11) is 3.30.